The summed E-state index contributed by atoms with van der Waals surface area (Å²) < 4.78 is 41.0. The minimum Gasteiger partial charge on any atom is -0.465 e. The lowest BCUT2D eigenvalue weighted by Crippen LogP contribution is -2.18. The normalized spacial score (nSPS) is 12.6. The fourth-order valence-corrected chi connectivity index (χ4v) is 2.55. The predicted molar refractivity (Wildman–Crippen MR) is 85.3 cm³/mol. The van der Waals surface area contributed by atoms with Crippen LogP contribution in [0.1, 0.15) is 17.2 Å². The smallest absolute Gasteiger partial charge is 0.465 e. The molecule has 2 aromatic rings. The summed E-state index contributed by atoms with van der Waals surface area (Å²) in [7, 11) is 0. The van der Waals surface area contributed by atoms with Gasteiger partial charge in [0.1, 0.15) is 11.9 Å². The molecule has 2 aromatic carbocycles. The summed E-state index contributed by atoms with van der Waals surface area (Å²) in [4.78, 5) is 10.8. The van der Waals surface area contributed by atoms with Crippen LogP contribution < -0.4 is 10.1 Å². The van der Waals surface area contributed by atoms with Gasteiger partial charge in [0.2, 0.25) is 0 Å². The van der Waals surface area contributed by atoms with Gasteiger partial charge in [0.05, 0.1) is 10.7 Å². The summed E-state index contributed by atoms with van der Waals surface area (Å²) in [6, 6.07) is 7.43. The molecule has 2 rings (SSSR count). The van der Waals surface area contributed by atoms with E-state index in [9.17, 15) is 23.1 Å². The molecular formula is C15H10Cl2F3NO4. The first-order chi connectivity index (χ1) is 11.6. The number of carboxylic acid groups (broad SMARTS) is 1. The lowest BCUT2D eigenvalue weighted by molar-refractivity contribution is -0.274. The number of aliphatic hydroxyl groups is 1. The molecule has 1 atom stereocenters. The zero-order valence-corrected chi connectivity index (χ0v) is 13.7. The fraction of sp³-hybridized carbons (Fsp3) is 0.133. The van der Waals surface area contributed by atoms with Gasteiger partial charge in [-0.05, 0) is 24.3 Å². The molecule has 0 aliphatic rings. The molecule has 0 heterocycles. The van der Waals surface area contributed by atoms with E-state index >= 15 is 0 Å². The number of carbonyl (C=O) groups is 1. The quantitative estimate of drug-likeness (QED) is 0.675. The molecule has 0 aliphatic heterocycles. The highest BCUT2D eigenvalue weighted by Crippen LogP contribution is 2.39. The third-order valence-corrected chi connectivity index (χ3v) is 3.70. The molecule has 3 N–H and O–H groups in total. The second-order valence-corrected chi connectivity index (χ2v) is 5.59. The van der Waals surface area contributed by atoms with Crippen LogP contribution in [-0.4, -0.2) is 22.7 Å². The number of anilines is 1. The summed E-state index contributed by atoms with van der Waals surface area (Å²) in [6.07, 6.45) is -7.90. The van der Waals surface area contributed by atoms with Crippen LogP contribution in [0.4, 0.5) is 23.7 Å². The number of amides is 1. The third kappa shape index (κ3) is 4.91. The monoisotopic (exact) mass is 395 g/mol. The molecular weight excluding hydrogens is 386 g/mol. The van der Waals surface area contributed by atoms with Crippen LogP contribution in [0.5, 0.6) is 5.75 Å². The van der Waals surface area contributed by atoms with Crippen LogP contribution in [0.3, 0.4) is 0 Å². The van der Waals surface area contributed by atoms with E-state index in [0.29, 0.717) is 0 Å². The van der Waals surface area contributed by atoms with Gasteiger partial charge in [-0.15, -0.1) is 13.2 Å². The van der Waals surface area contributed by atoms with E-state index in [-0.39, 0.29) is 21.8 Å². The fourth-order valence-electron chi connectivity index (χ4n) is 2.10. The summed E-state index contributed by atoms with van der Waals surface area (Å²) in [5.74, 6) is -0.694. The van der Waals surface area contributed by atoms with Gasteiger partial charge in [0, 0.05) is 16.1 Å². The molecule has 0 fully saturated rings. The van der Waals surface area contributed by atoms with Crippen molar-refractivity contribution in [2.45, 2.75) is 12.5 Å². The number of halogens is 5. The minimum atomic E-state index is -4.96. The highest BCUT2D eigenvalue weighted by molar-refractivity contribution is 6.33. The van der Waals surface area contributed by atoms with Gasteiger partial charge in [0.15, 0.2) is 0 Å². The second kappa shape index (κ2) is 7.38. The predicted octanol–water partition coefficient (Wildman–Crippen LogP) is 5.06. The van der Waals surface area contributed by atoms with E-state index in [0.717, 1.165) is 6.07 Å². The lowest BCUT2D eigenvalue weighted by Gasteiger charge is -2.19. The van der Waals surface area contributed by atoms with Crippen molar-refractivity contribution < 1.29 is 32.9 Å². The molecule has 10 heteroatoms. The van der Waals surface area contributed by atoms with E-state index < -0.39 is 29.3 Å². The van der Waals surface area contributed by atoms with Gasteiger partial charge >= 0.3 is 12.5 Å². The number of aliphatic hydroxyl groups excluding tert-OH is 1. The minimum absolute atomic E-state index is 0.00242. The van der Waals surface area contributed by atoms with Crippen LogP contribution >= 0.6 is 23.2 Å². The maximum atomic E-state index is 12.4. The first-order valence-electron chi connectivity index (χ1n) is 6.60. The largest absolute Gasteiger partial charge is 0.573 e. The van der Waals surface area contributed by atoms with Gasteiger partial charge in [-0.1, -0.05) is 35.3 Å². The number of nitrogens with one attached hydrogen (secondary N) is 1. The number of rotatable bonds is 4. The Bertz CT molecular complexity index is 799. The topological polar surface area (TPSA) is 78.8 Å². The van der Waals surface area contributed by atoms with Crippen molar-refractivity contribution in [2.75, 3.05) is 5.32 Å². The lowest BCUT2D eigenvalue weighted by atomic mass is 9.99. The SMILES string of the molecule is O=C(O)Nc1ccc(Cl)cc1C(O)c1cccc(OC(F)(F)F)c1Cl. The van der Waals surface area contributed by atoms with Gasteiger partial charge < -0.3 is 14.9 Å². The van der Waals surface area contributed by atoms with E-state index in [1.54, 1.807) is 0 Å². The van der Waals surface area contributed by atoms with Crippen LogP contribution in [0.15, 0.2) is 36.4 Å². The number of ether oxygens (including phenoxy) is 1. The molecule has 0 saturated heterocycles. The second-order valence-electron chi connectivity index (χ2n) is 4.77. The number of hydrogen-bond acceptors (Lipinski definition) is 3. The molecule has 0 aliphatic carbocycles. The van der Waals surface area contributed by atoms with Crippen molar-refractivity contribution in [3.05, 3.63) is 57.6 Å². The first kappa shape index (κ1) is 19.2. The van der Waals surface area contributed by atoms with Gasteiger partial charge in [-0.3, -0.25) is 5.32 Å². The Morgan fingerprint density at radius 3 is 2.44 bits per heavy atom. The summed E-state index contributed by atoms with van der Waals surface area (Å²) in [5.41, 5.74) is -0.0947. The Hall–Kier alpha value is -2.16. The molecule has 0 aromatic heterocycles. The highest BCUT2D eigenvalue weighted by Gasteiger charge is 2.33. The highest BCUT2D eigenvalue weighted by atomic mass is 35.5. The zero-order chi connectivity index (χ0) is 18.8. The van der Waals surface area contributed by atoms with Gasteiger partial charge in [0.25, 0.3) is 0 Å². The molecule has 134 valence electrons. The zero-order valence-electron chi connectivity index (χ0n) is 12.1. The Morgan fingerprint density at radius 2 is 1.84 bits per heavy atom. The number of benzene rings is 2. The van der Waals surface area contributed by atoms with Crippen molar-refractivity contribution in [2.24, 2.45) is 0 Å². The Labute approximate surface area is 149 Å². The van der Waals surface area contributed by atoms with E-state index in [1.807, 2.05) is 0 Å². The van der Waals surface area contributed by atoms with Crippen molar-refractivity contribution >= 4 is 35.0 Å². The Morgan fingerprint density at radius 1 is 1.16 bits per heavy atom. The molecule has 25 heavy (non-hydrogen) atoms. The average molecular weight is 396 g/mol. The van der Waals surface area contributed by atoms with Crippen molar-refractivity contribution in [3.63, 3.8) is 0 Å². The average Bonchev–Trinajstić information content (AvgIpc) is 2.49. The third-order valence-electron chi connectivity index (χ3n) is 3.06. The molecule has 0 radical (unpaired) electrons. The van der Waals surface area contributed by atoms with Crippen LogP contribution in [0, 0.1) is 0 Å². The van der Waals surface area contributed by atoms with Crippen LogP contribution in [-0.2, 0) is 0 Å². The molecule has 1 unspecified atom stereocenters. The molecule has 0 spiro atoms. The van der Waals surface area contributed by atoms with E-state index in [4.69, 9.17) is 28.3 Å². The number of hydrogen-bond donors (Lipinski definition) is 3. The maximum Gasteiger partial charge on any atom is 0.573 e. The Balaban J connectivity index is 2.48. The standard InChI is InChI=1S/C15H10Cl2F3NO4/c16-7-4-5-10(21-14(23)24)9(6-7)13(22)8-2-1-3-11(12(8)17)25-15(18,19)20/h1-6,13,21-22H,(H,23,24). The summed E-state index contributed by atoms with van der Waals surface area (Å²) in [6.45, 7) is 0. The maximum absolute atomic E-state index is 12.4. The molecule has 5 nitrogen and oxygen atoms in total. The molecule has 0 bridgehead atoms. The van der Waals surface area contributed by atoms with E-state index in [2.05, 4.69) is 10.1 Å². The van der Waals surface area contributed by atoms with Gasteiger partial charge in [-0.25, -0.2) is 4.79 Å². The molecule has 1 amide bonds. The van der Waals surface area contributed by atoms with Crippen LogP contribution in [0.25, 0.3) is 0 Å². The van der Waals surface area contributed by atoms with Gasteiger partial charge in [-0.2, -0.15) is 0 Å². The van der Waals surface area contributed by atoms with Crippen molar-refractivity contribution in [1.29, 1.82) is 0 Å². The Kier molecular flexibility index (Phi) is 5.66. The van der Waals surface area contributed by atoms with Crippen molar-refractivity contribution in [1.82, 2.24) is 0 Å². The summed E-state index contributed by atoms with van der Waals surface area (Å²) >= 11 is 11.8. The number of alkyl halides is 3. The van der Waals surface area contributed by atoms with E-state index in [1.165, 1.54) is 30.3 Å². The first-order valence-corrected chi connectivity index (χ1v) is 7.35. The summed E-state index contributed by atoms with van der Waals surface area (Å²) in [5, 5.41) is 21.1. The van der Waals surface area contributed by atoms with Crippen LogP contribution in [0.2, 0.25) is 10.0 Å². The molecule has 0 saturated carbocycles. The van der Waals surface area contributed by atoms with Crippen molar-refractivity contribution in [3.8, 4) is 5.75 Å².